The number of aliphatic carboxylic acids is 2. The average Bonchev–Trinajstić information content (AvgIpc) is 3.05. The number of carbonyl (C=O) groups excluding carboxylic acids is 1. The van der Waals surface area contributed by atoms with Crippen LogP contribution >= 0.6 is 15.9 Å². The lowest BCUT2D eigenvalue weighted by atomic mass is 10.0. The maximum absolute atomic E-state index is 12.2. The van der Waals surface area contributed by atoms with E-state index in [1.165, 1.54) is 25.7 Å². The minimum Gasteiger partial charge on any atom is -0.478 e. The monoisotopic (exact) mass is 411 g/mol. The first kappa shape index (κ1) is 21.1. The summed E-state index contributed by atoms with van der Waals surface area (Å²) < 4.78 is 0.955. The third kappa shape index (κ3) is 8.60. The molecule has 0 aliphatic heterocycles. The van der Waals surface area contributed by atoms with Crippen LogP contribution in [0.2, 0.25) is 0 Å². The normalized spacial score (nSPS) is 15.4. The van der Waals surface area contributed by atoms with Crippen molar-refractivity contribution in [2.75, 3.05) is 0 Å². The highest BCUT2D eigenvalue weighted by atomic mass is 79.9. The zero-order chi connectivity index (χ0) is 18.8. The molecule has 1 aliphatic rings. The van der Waals surface area contributed by atoms with Crippen LogP contribution in [0.5, 0.6) is 0 Å². The van der Waals surface area contributed by atoms with Crippen molar-refractivity contribution in [1.82, 2.24) is 5.32 Å². The number of halogens is 1. The molecule has 1 fully saturated rings. The molecule has 3 N–H and O–H groups in total. The Kier molecular flexibility index (Phi) is 9.08. The first-order valence-corrected chi connectivity index (χ1v) is 8.78. The van der Waals surface area contributed by atoms with Crippen LogP contribution < -0.4 is 5.32 Å². The maximum atomic E-state index is 12.2. The van der Waals surface area contributed by atoms with E-state index in [2.05, 4.69) is 21.2 Å². The third-order valence-corrected chi connectivity index (χ3v) is 4.21. The molecule has 1 aromatic rings. The average molecular weight is 412 g/mol. The molecule has 0 amide bonds. The predicted octanol–water partition coefficient (Wildman–Crippen LogP) is 3.26. The number of benzene rings is 1. The van der Waals surface area contributed by atoms with E-state index >= 15 is 0 Å². The van der Waals surface area contributed by atoms with Crippen molar-refractivity contribution in [3.05, 3.63) is 46.5 Å². The molecule has 0 heterocycles. The standard InChI is InChI=1S/C14H18BrNO.C4H4O4/c1-10(16-13-7-2-3-8-13)14(17)11-5-4-6-12(15)9-11;5-3(6)1-2-4(7)8/h4-6,9-10,13,16H,2-3,7-8H2,1H3;1-2H,(H,5,6)(H,7,8)/b;2-1+. The topological polar surface area (TPSA) is 104 Å². The molecule has 25 heavy (non-hydrogen) atoms. The minimum absolute atomic E-state index is 0.0904. The third-order valence-electron chi connectivity index (χ3n) is 3.71. The van der Waals surface area contributed by atoms with E-state index in [-0.39, 0.29) is 11.8 Å². The van der Waals surface area contributed by atoms with Crippen LogP contribution in [0.3, 0.4) is 0 Å². The van der Waals surface area contributed by atoms with Crippen molar-refractivity contribution in [3.63, 3.8) is 0 Å². The summed E-state index contributed by atoms with van der Waals surface area (Å²) in [6, 6.07) is 8.04. The number of hydrogen-bond donors (Lipinski definition) is 3. The Hall–Kier alpha value is -1.99. The van der Waals surface area contributed by atoms with E-state index in [0.717, 1.165) is 10.0 Å². The Labute approximate surface area is 155 Å². The predicted molar refractivity (Wildman–Crippen MR) is 97.7 cm³/mol. The first-order chi connectivity index (χ1) is 11.8. The van der Waals surface area contributed by atoms with E-state index in [9.17, 15) is 14.4 Å². The van der Waals surface area contributed by atoms with Crippen LogP contribution in [0, 0.1) is 0 Å². The molecule has 1 saturated carbocycles. The van der Waals surface area contributed by atoms with Crippen LogP contribution in [0.4, 0.5) is 0 Å². The Bertz CT molecular complexity index is 622. The fraction of sp³-hybridized carbons (Fsp3) is 0.389. The Balaban J connectivity index is 0.000000333. The molecule has 0 bridgehead atoms. The van der Waals surface area contributed by atoms with Gasteiger partial charge in [0.1, 0.15) is 0 Å². The zero-order valence-corrected chi connectivity index (χ0v) is 15.5. The molecular weight excluding hydrogens is 390 g/mol. The van der Waals surface area contributed by atoms with Gasteiger partial charge in [-0.1, -0.05) is 40.9 Å². The van der Waals surface area contributed by atoms with Crippen molar-refractivity contribution in [2.24, 2.45) is 0 Å². The van der Waals surface area contributed by atoms with Crippen molar-refractivity contribution in [2.45, 2.75) is 44.7 Å². The molecule has 0 saturated heterocycles. The van der Waals surface area contributed by atoms with Gasteiger partial charge in [0, 0.05) is 28.2 Å². The summed E-state index contributed by atoms with van der Waals surface area (Å²) >= 11 is 3.40. The van der Waals surface area contributed by atoms with Gasteiger partial charge in [-0.2, -0.15) is 0 Å². The van der Waals surface area contributed by atoms with Crippen LogP contribution in [-0.2, 0) is 9.59 Å². The van der Waals surface area contributed by atoms with Gasteiger partial charge >= 0.3 is 11.9 Å². The summed E-state index contributed by atoms with van der Waals surface area (Å²) in [7, 11) is 0. The fourth-order valence-corrected chi connectivity index (χ4v) is 2.96. The number of carboxylic acids is 2. The van der Waals surface area contributed by atoms with Gasteiger partial charge in [0.05, 0.1) is 6.04 Å². The summed E-state index contributed by atoms with van der Waals surface area (Å²) in [5, 5.41) is 19.1. The molecule has 1 aromatic carbocycles. The second-order valence-corrected chi connectivity index (χ2v) is 6.67. The van der Waals surface area contributed by atoms with Gasteiger partial charge in [0.25, 0.3) is 0 Å². The second kappa shape index (κ2) is 10.8. The number of Topliss-reactive ketones (excluding diaryl/α,β-unsaturated/α-hetero) is 1. The highest BCUT2D eigenvalue weighted by Gasteiger charge is 2.21. The molecule has 1 aliphatic carbocycles. The molecule has 6 nitrogen and oxygen atoms in total. The van der Waals surface area contributed by atoms with Crippen LogP contribution in [0.1, 0.15) is 43.0 Å². The van der Waals surface area contributed by atoms with E-state index < -0.39 is 11.9 Å². The smallest absolute Gasteiger partial charge is 0.328 e. The first-order valence-electron chi connectivity index (χ1n) is 7.99. The molecule has 0 radical (unpaired) electrons. The Morgan fingerprint density at radius 1 is 1.16 bits per heavy atom. The van der Waals surface area contributed by atoms with Gasteiger partial charge in [-0.3, -0.25) is 4.79 Å². The lowest BCUT2D eigenvalue weighted by molar-refractivity contribution is -0.134. The number of ketones is 1. The van der Waals surface area contributed by atoms with Crippen molar-refractivity contribution in [1.29, 1.82) is 0 Å². The van der Waals surface area contributed by atoms with Gasteiger partial charge < -0.3 is 15.5 Å². The van der Waals surface area contributed by atoms with Crippen molar-refractivity contribution in [3.8, 4) is 0 Å². The second-order valence-electron chi connectivity index (χ2n) is 5.75. The summed E-state index contributed by atoms with van der Waals surface area (Å²) in [5.41, 5.74) is 0.775. The molecule has 1 unspecified atom stereocenters. The summed E-state index contributed by atoms with van der Waals surface area (Å²) in [4.78, 5) is 31.3. The van der Waals surface area contributed by atoms with Crippen LogP contribution in [0.25, 0.3) is 0 Å². The van der Waals surface area contributed by atoms with Gasteiger partial charge in [-0.05, 0) is 31.9 Å². The van der Waals surface area contributed by atoms with Gasteiger partial charge in [-0.15, -0.1) is 0 Å². The highest BCUT2D eigenvalue weighted by Crippen LogP contribution is 2.19. The number of hydrogen-bond acceptors (Lipinski definition) is 4. The molecule has 7 heteroatoms. The SMILES string of the molecule is CC(NC1CCCC1)C(=O)c1cccc(Br)c1.O=C(O)/C=C/C(=O)O. The van der Waals surface area contributed by atoms with Crippen molar-refractivity contribution >= 4 is 33.7 Å². The maximum Gasteiger partial charge on any atom is 0.328 e. The number of carbonyl (C=O) groups is 3. The number of carboxylic acid groups (broad SMARTS) is 2. The number of rotatable bonds is 6. The molecular formula is C18H22BrNO5. The summed E-state index contributed by atoms with van der Waals surface area (Å²) in [6.45, 7) is 1.96. The largest absolute Gasteiger partial charge is 0.478 e. The Morgan fingerprint density at radius 3 is 2.20 bits per heavy atom. The van der Waals surface area contributed by atoms with Crippen LogP contribution in [-0.4, -0.2) is 40.0 Å². The van der Waals surface area contributed by atoms with E-state index in [4.69, 9.17) is 10.2 Å². The van der Waals surface area contributed by atoms with Gasteiger partial charge in [0.15, 0.2) is 5.78 Å². The molecule has 2 rings (SSSR count). The van der Waals surface area contributed by atoms with Gasteiger partial charge in [0.2, 0.25) is 0 Å². The van der Waals surface area contributed by atoms with Crippen LogP contribution in [0.15, 0.2) is 40.9 Å². The molecule has 0 aromatic heterocycles. The quantitative estimate of drug-likeness (QED) is 0.490. The number of nitrogens with one attached hydrogen (secondary N) is 1. The minimum atomic E-state index is -1.26. The molecule has 1 atom stereocenters. The van der Waals surface area contributed by atoms with E-state index in [1.54, 1.807) is 0 Å². The fourth-order valence-electron chi connectivity index (χ4n) is 2.56. The van der Waals surface area contributed by atoms with Gasteiger partial charge in [-0.25, -0.2) is 9.59 Å². The molecule has 136 valence electrons. The molecule has 0 spiro atoms. The lowest BCUT2D eigenvalue weighted by Crippen LogP contribution is -2.40. The Morgan fingerprint density at radius 2 is 1.72 bits per heavy atom. The highest BCUT2D eigenvalue weighted by molar-refractivity contribution is 9.10. The lowest BCUT2D eigenvalue weighted by Gasteiger charge is -2.18. The summed E-state index contributed by atoms with van der Waals surface area (Å²) in [5.74, 6) is -2.34. The van der Waals surface area contributed by atoms with E-state index in [0.29, 0.717) is 18.2 Å². The summed E-state index contributed by atoms with van der Waals surface area (Å²) in [6.07, 6.45) is 6.10. The van der Waals surface area contributed by atoms with Crippen molar-refractivity contribution < 1.29 is 24.6 Å². The van der Waals surface area contributed by atoms with E-state index in [1.807, 2.05) is 31.2 Å². The zero-order valence-electron chi connectivity index (χ0n) is 13.9.